The van der Waals surface area contributed by atoms with Gasteiger partial charge in [-0.3, -0.25) is 9.59 Å². The Kier molecular flexibility index (Phi) is 10.1. The van der Waals surface area contributed by atoms with Crippen LogP contribution in [0.3, 0.4) is 0 Å². The average Bonchev–Trinajstić information content (AvgIpc) is 3.52. The van der Waals surface area contributed by atoms with Gasteiger partial charge < -0.3 is 40.2 Å². The fraction of sp³-hybridized carbons (Fsp3) is 0.227. The third-order valence-corrected chi connectivity index (χ3v) is 9.79. The van der Waals surface area contributed by atoms with E-state index in [1.165, 1.54) is 36.4 Å². The SMILES string of the molecule is CC(C)=CCc1cc(C(=O)C2/C(=C3/C=CC(O)=C3)CC(C)=CC2c2c(O)cc3oc(-c4ccc(O)cc4O)c(CC=C(C)C)c(=O)c3c2O)c(O)cc1O. The summed E-state index contributed by atoms with van der Waals surface area (Å²) >= 11 is 0. The molecular weight excluding hydrogens is 688 g/mol. The number of allylic oxidation sites excluding steroid dienone is 11. The number of benzene rings is 3. The Morgan fingerprint density at radius 2 is 1.54 bits per heavy atom. The summed E-state index contributed by atoms with van der Waals surface area (Å²) in [7, 11) is 0. The van der Waals surface area contributed by atoms with Crippen molar-refractivity contribution in [1.29, 1.82) is 0 Å². The summed E-state index contributed by atoms with van der Waals surface area (Å²) in [6.07, 6.45) is 10.7. The van der Waals surface area contributed by atoms with Gasteiger partial charge in [0.2, 0.25) is 5.43 Å². The van der Waals surface area contributed by atoms with Crippen molar-refractivity contribution in [1.82, 2.24) is 0 Å². The first-order valence-corrected chi connectivity index (χ1v) is 17.5. The number of ketones is 1. The molecule has 2 unspecified atom stereocenters. The van der Waals surface area contributed by atoms with E-state index in [0.29, 0.717) is 16.7 Å². The second-order valence-electron chi connectivity index (χ2n) is 14.4. The number of hydrogen-bond acceptors (Lipinski definition) is 10. The highest BCUT2D eigenvalue weighted by atomic mass is 16.3. The Labute approximate surface area is 311 Å². The molecule has 7 N–H and O–H groups in total. The van der Waals surface area contributed by atoms with E-state index >= 15 is 0 Å². The van der Waals surface area contributed by atoms with Crippen molar-refractivity contribution < 1.29 is 45.0 Å². The number of aliphatic hydroxyl groups excluding tert-OH is 1. The smallest absolute Gasteiger partial charge is 0.200 e. The van der Waals surface area contributed by atoms with E-state index in [-0.39, 0.29) is 81.3 Å². The molecule has 0 bridgehead atoms. The van der Waals surface area contributed by atoms with E-state index in [2.05, 4.69) is 0 Å². The van der Waals surface area contributed by atoms with Gasteiger partial charge in [-0.05, 0) is 101 Å². The largest absolute Gasteiger partial charge is 0.508 e. The number of aliphatic hydroxyl groups is 1. The molecule has 2 aliphatic carbocycles. The minimum Gasteiger partial charge on any atom is -0.508 e. The number of phenolic OH excluding ortho intramolecular Hbond substituents is 6. The average molecular weight is 731 g/mol. The number of carbonyl (C=O) groups excluding carboxylic acids is 1. The fourth-order valence-corrected chi connectivity index (χ4v) is 7.16. The van der Waals surface area contributed by atoms with Crippen LogP contribution in [0, 0.1) is 5.92 Å². The lowest BCUT2D eigenvalue weighted by molar-refractivity contribution is 0.0924. The molecule has 6 rings (SSSR count). The van der Waals surface area contributed by atoms with Crippen molar-refractivity contribution in [3.63, 3.8) is 0 Å². The van der Waals surface area contributed by atoms with Gasteiger partial charge in [0, 0.05) is 35.2 Å². The standard InChI is InChI=1S/C44H42O10/c1-21(2)6-8-25-17-31(35(49)19-33(25)47)42(52)38-30(24-9-10-26(45)16-24)14-23(5)15-32(38)39-36(50)20-37-40(43(39)53)41(51)29(12-7-22(3)4)44(54-37)28-13-11-27(46)18-34(28)48/h6-7,9-11,13,15-20,32,38,45-50,53H,8,12,14H2,1-5H3/b30-24-. The Morgan fingerprint density at radius 3 is 2.19 bits per heavy atom. The van der Waals surface area contributed by atoms with Gasteiger partial charge in [0.05, 0.1) is 17.0 Å². The van der Waals surface area contributed by atoms with E-state index < -0.39 is 40.3 Å². The lowest BCUT2D eigenvalue weighted by Crippen LogP contribution is -2.28. The first-order valence-electron chi connectivity index (χ1n) is 17.5. The summed E-state index contributed by atoms with van der Waals surface area (Å²) in [5, 5.41) is 76.2. The summed E-state index contributed by atoms with van der Waals surface area (Å²) < 4.78 is 6.19. The summed E-state index contributed by atoms with van der Waals surface area (Å²) in [5.74, 6) is -5.19. The Balaban J connectivity index is 1.62. The predicted molar refractivity (Wildman–Crippen MR) is 206 cm³/mol. The molecule has 278 valence electrons. The quantitative estimate of drug-likeness (QED) is 0.0681. The first-order chi connectivity index (χ1) is 25.5. The summed E-state index contributed by atoms with van der Waals surface area (Å²) in [6.45, 7) is 9.31. The van der Waals surface area contributed by atoms with Gasteiger partial charge in [-0.2, -0.15) is 0 Å². The van der Waals surface area contributed by atoms with Crippen LogP contribution in [0.1, 0.15) is 74.0 Å². The number of hydrogen-bond donors (Lipinski definition) is 7. The maximum absolute atomic E-state index is 14.9. The van der Waals surface area contributed by atoms with Crippen molar-refractivity contribution in [2.75, 3.05) is 0 Å². The van der Waals surface area contributed by atoms with Crippen molar-refractivity contribution in [3.05, 3.63) is 139 Å². The van der Waals surface area contributed by atoms with E-state index in [1.54, 1.807) is 18.2 Å². The highest BCUT2D eigenvalue weighted by Crippen LogP contribution is 2.51. The van der Waals surface area contributed by atoms with Crippen LogP contribution >= 0.6 is 0 Å². The minimum atomic E-state index is -1.16. The van der Waals surface area contributed by atoms with Crippen molar-refractivity contribution >= 4 is 16.8 Å². The zero-order valence-corrected chi connectivity index (χ0v) is 30.6. The second-order valence-corrected chi connectivity index (χ2v) is 14.4. The molecule has 10 heteroatoms. The van der Waals surface area contributed by atoms with Gasteiger partial charge in [0.15, 0.2) is 5.78 Å². The number of carbonyl (C=O) groups is 1. The van der Waals surface area contributed by atoms with Gasteiger partial charge >= 0.3 is 0 Å². The second kappa shape index (κ2) is 14.5. The number of aromatic hydroxyl groups is 6. The normalized spacial score (nSPS) is 18.0. The van der Waals surface area contributed by atoms with Crippen molar-refractivity contribution in [3.8, 4) is 45.8 Å². The van der Waals surface area contributed by atoms with Crippen molar-refractivity contribution in [2.24, 2.45) is 5.92 Å². The van der Waals surface area contributed by atoms with Crippen LogP contribution in [0.4, 0.5) is 0 Å². The molecule has 3 aromatic carbocycles. The predicted octanol–water partition coefficient (Wildman–Crippen LogP) is 8.95. The molecule has 4 aromatic rings. The molecule has 1 aromatic heterocycles. The number of Topliss-reactive ketones (excluding diaryl/α,β-unsaturated/α-hetero) is 1. The third kappa shape index (κ3) is 7.02. The lowest BCUT2D eigenvalue weighted by Gasteiger charge is -2.33. The highest BCUT2D eigenvalue weighted by molar-refractivity contribution is 6.04. The molecule has 0 spiro atoms. The Bertz CT molecular complexity index is 2480. The van der Waals surface area contributed by atoms with E-state index in [0.717, 1.165) is 28.9 Å². The molecule has 2 atom stereocenters. The van der Waals surface area contributed by atoms with E-state index in [1.807, 2.05) is 40.7 Å². The number of rotatable bonds is 8. The molecule has 0 amide bonds. The van der Waals surface area contributed by atoms with E-state index in [4.69, 9.17) is 4.42 Å². The van der Waals surface area contributed by atoms with Gasteiger partial charge in [-0.25, -0.2) is 0 Å². The van der Waals surface area contributed by atoms with Crippen LogP contribution in [-0.4, -0.2) is 41.5 Å². The molecule has 1 heterocycles. The summed E-state index contributed by atoms with van der Waals surface area (Å²) in [4.78, 5) is 29.3. The fourth-order valence-electron chi connectivity index (χ4n) is 7.16. The molecule has 54 heavy (non-hydrogen) atoms. The third-order valence-electron chi connectivity index (χ3n) is 9.79. The van der Waals surface area contributed by atoms with Crippen LogP contribution in [0.25, 0.3) is 22.3 Å². The van der Waals surface area contributed by atoms with Crippen LogP contribution < -0.4 is 5.43 Å². The van der Waals surface area contributed by atoms with Gasteiger partial charge in [0.25, 0.3) is 0 Å². The molecule has 0 saturated heterocycles. The van der Waals surface area contributed by atoms with Gasteiger partial charge in [-0.1, -0.05) is 41.0 Å². The monoisotopic (exact) mass is 730 g/mol. The van der Waals surface area contributed by atoms with Gasteiger partial charge in [0.1, 0.15) is 57.0 Å². The van der Waals surface area contributed by atoms with Crippen LogP contribution in [0.5, 0.6) is 34.5 Å². The molecule has 0 radical (unpaired) electrons. The maximum Gasteiger partial charge on any atom is 0.200 e. The molecule has 0 saturated carbocycles. The van der Waals surface area contributed by atoms with E-state index in [9.17, 15) is 45.3 Å². The highest BCUT2D eigenvalue weighted by Gasteiger charge is 2.41. The molecular formula is C44H42O10. The van der Waals surface area contributed by atoms with Crippen molar-refractivity contribution in [2.45, 2.75) is 59.8 Å². The first kappa shape index (κ1) is 37.3. The number of fused-ring (bicyclic) bond motifs is 1. The molecule has 0 aliphatic heterocycles. The van der Waals surface area contributed by atoms with Gasteiger partial charge in [-0.15, -0.1) is 0 Å². The summed E-state index contributed by atoms with van der Waals surface area (Å²) in [6, 6.07) is 7.55. The number of phenols is 6. The maximum atomic E-state index is 14.9. The Hall–Kier alpha value is -6.42. The summed E-state index contributed by atoms with van der Waals surface area (Å²) in [5.41, 5.74) is 3.27. The zero-order chi connectivity index (χ0) is 39.2. The zero-order valence-electron chi connectivity index (χ0n) is 30.6. The molecule has 0 fully saturated rings. The van der Waals surface area contributed by atoms with Crippen LogP contribution in [0.15, 0.2) is 116 Å². The Morgan fingerprint density at radius 1 is 0.833 bits per heavy atom. The van der Waals surface area contributed by atoms with Crippen LogP contribution in [-0.2, 0) is 12.8 Å². The molecule has 10 nitrogen and oxygen atoms in total. The topological polar surface area (TPSA) is 189 Å². The van der Waals surface area contributed by atoms with Crippen LogP contribution in [0.2, 0.25) is 0 Å². The minimum absolute atomic E-state index is 0.0196. The lowest BCUT2D eigenvalue weighted by atomic mass is 9.69. The molecule has 2 aliphatic rings.